The number of hydrogen-bond acceptors (Lipinski definition) is 8. The van der Waals surface area contributed by atoms with Crippen LogP contribution in [0.15, 0.2) is 12.4 Å². The summed E-state index contributed by atoms with van der Waals surface area (Å²) in [5, 5.41) is 11.1. The minimum Gasteiger partial charge on any atom is -0.477 e. The zero-order valence-electron chi connectivity index (χ0n) is 21.5. The first-order valence-electron chi connectivity index (χ1n) is 12.4. The maximum atomic E-state index is 13.1. The number of nitrogens with one attached hydrogen (secondary N) is 1. The molecule has 0 saturated carbocycles. The van der Waals surface area contributed by atoms with Crippen LogP contribution in [-0.4, -0.2) is 75.9 Å². The van der Waals surface area contributed by atoms with Crippen LogP contribution in [0.25, 0.3) is 11.5 Å². The van der Waals surface area contributed by atoms with Gasteiger partial charge < -0.3 is 29.0 Å². The van der Waals surface area contributed by atoms with Crippen molar-refractivity contribution in [1.29, 1.82) is 0 Å². The van der Waals surface area contributed by atoms with Gasteiger partial charge in [-0.05, 0) is 25.7 Å². The third-order valence-corrected chi connectivity index (χ3v) is 8.61. The van der Waals surface area contributed by atoms with Gasteiger partial charge in [0.25, 0.3) is 0 Å². The standard InChI is InChI=1S/C25H31Cl2N5O5S/c1-4-10-37-17-13-32(7-5-15(17)12-16(33)20-19(27)18(26)14(2)29-20)25-30-21(22(38-25)24(34)35)23-28-6-8-31(23)9-11-36-3/h6,8,15,17,29H,4-5,7,9-13H2,1-3H3,(H,34,35)/t15-,17-/m0/s1. The number of thiazole rings is 1. The van der Waals surface area contributed by atoms with E-state index in [0.29, 0.717) is 72.3 Å². The molecule has 3 aromatic heterocycles. The number of rotatable bonds is 12. The van der Waals surface area contributed by atoms with E-state index in [0.717, 1.165) is 17.8 Å². The number of H-pyrrole nitrogens is 1. The van der Waals surface area contributed by atoms with Gasteiger partial charge in [-0.25, -0.2) is 14.8 Å². The van der Waals surface area contributed by atoms with Crippen molar-refractivity contribution >= 4 is 51.4 Å². The summed E-state index contributed by atoms with van der Waals surface area (Å²) in [7, 11) is 1.61. The topological polar surface area (TPSA) is 123 Å². The van der Waals surface area contributed by atoms with Crippen LogP contribution in [0.4, 0.5) is 5.13 Å². The van der Waals surface area contributed by atoms with Crippen molar-refractivity contribution in [3.8, 4) is 11.5 Å². The van der Waals surface area contributed by atoms with Gasteiger partial charge in [0, 0.05) is 57.9 Å². The number of Topliss-reactive ketones (excluding diaryl/α,β-unsaturated/α-hetero) is 1. The number of methoxy groups -OCH3 is 1. The van der Waals surface area contributed by atoms with Gasteiger partial charge in [0.05, 0.1) is 22.8 Å². The number of ether oxygens (including phenoxy) is 2. The molecule has 1 aliphatic heterocycles. The lowest BCUT2D eigenvalue weighted by Crippen LogP contribution is -2.46. The summed E-state index contributed by atoms with van der Waals surface area (Å²) in [6.07, 6.45) is 4.94. The highest BCUT2D eigenvalue weighted by molar-refractivity contribution is 7.17. The molecule has 10 nitrogen and oxygen atoms in total. The monoisotopic (exact) mass is 583 g/mol. The molecule has 0 aliphatic carbocycles. The van der Waals surface area contributed by atoms with E-state index in [1.54, 1.807) is 26.4 Å². The fourth-order valence-electron chi connectivity index (χ4n) is 4.57. The number of halogens is 2. The lowest BCUT2D eigenvalue weighted by atomic mass is 9.88. The molecule has 4 rings (SSSR count). The first-order chi connectivity index (χ1) is 18.2. The Labute approximate surface area is 234 Å². The summed E-state index contributed by atoms with van der Waals surface area (Å²) in [6, 6.07) is 0. The SMILES string of the molecule is CCCO[C@H]1CN(c2nc(-c3nccn3CCOC)c(C(=O)O)s2)CC[C@H]1CC(=O)c1[nH]c(C)c(Cl)c1Cl. The zero-order chi connectivity index (χ0) is 27.4. The quantitative estimate of drug-likeness (QED) is 0.279. The Balaban J connectivity index is 1.55. The molecule has 0 radical (unpaired) electrons. The summed E-state index contributed by atoms with van der Waals surface area (Å²) in [6.45, 7) is 6.44. The predicted molar refractivity (Wildman–Crippen MR) is 147 cm³/mol. The van der Waals surface area contributed by atoms with Crippen LogP contribution in [0.2, 0.25) is 10.0 Å². The second-order valence-electron chi connectivity index (χ2n) is 9.20. The Morgan fingerprint density at radius 3 is 2.74 bits per heavy atom. The number of aryl methyl sites for hydroxylation is 1. The van der Waals surface area contributed by atoms with Gasteiger partial charge in [0.2, 0.25) is 0 Å². The van der Waals surface area contributed by atoms with Crippen molar-refractivity contribution in [3.05, 3.63) is 38.7 Å². The molecule has 13 heteroatoms. The number of carbonyl (C=O) groups is 2. The van der Waals surface area contributed by atoms with E-state index in [9.17, 15) is 14.7 Å². The zero-order valence-corrected chi connectivity index (χ0v) is 23.8. The van der Waals surface area contributed by atoms with Gasteiger partial charge in [-0.3, -0.25) is 4.79 Å². The Hall–Kier alpha value is -2.44. The highest BCUT2D eigenvalue weighted by Crippen LogP contribution is 2.37. The highest BCUT2D eigenvalue weighted by Gasteiger charge is 2.35. The molecule has 0 aromatic carbocycles. The molecule has 4 heterocycles. The Bertz CT molecular complexity index is 1290. The van der Waals surface area contributed by atoms with Crippen molar-refractivity contribution in [1.82, 2.24) is 19.5 Å². The first kappa shape index (κ1) is 28.6. The van der Waals surface area contributed by atoms with Crippen molar-refractivity contribution in [2.75, 3.05) is 38.3 Å². The summed E-state index contributed by atoms with van der Waals surface area (Å²) in [5.74, 6) is -0.713. The fourth-order valence-corrected chi connectivity index (χ4v) is 5.94. The van der Waals surface area contributed by atoms with Crippen molar-refractivity contribution in [2.24, 2.45) is 5.92 Å². The number of carboxylic acid groups (broad SMARTS) is 1. The summed E-state index contributed by atoms with van der Waals surface area (Å²) in [4.78, 5) is 39.5. The van der Waals surface area contributed by atoms with Crippen molar-refractivity contribution in [3.63, 3.8) is 0 Å². The van der Waals surface area contributed by atoms with Crippen molar-refractivity contribution < 1.29 is 24.2 Å². The molecule has 2 atom stereocenters. The third-order valence-electron chi connectivity index (χ3n) is 6.56. The second kappa shape index (κ2) is 12.6. The second-order valence-corrected chi connectivity index (χ2v) is 10.9. The Morgan fingerprint density at radius 1 is 1.29 bits per heavy atom. The van der Waals surface area contributed by atoms with E-state index in [2.05, 4.69) is 9.97 Å². The average Bonchev–Trinajstić information content (AvgIpc) is 3.61. The van der Waals surface area contributed by atoms with Crippen LogP contribution >= 0.6 is 34.5 Å². The number of piperidine rings is 1. The summed E-state index contributed by atoms with van der Waals surface area (Å²) >= 11 is 13.6. The first-order valence-corrected chi connectivity index (χ1v) is 14.0. The molecular formula is C25H31Cl2N5O5S. The molecule has 0 bridgehead atoms. The normalized spacial score (nSPS) is 17.8. The van der Waals surface area contributed by atoms with Gasteiger partial charge in [0.1, 0.15) is 16.3 Å². The van der Waals surface area contributed by atoms with Gasteiger partial charge in [0.15, 0.2) is 16.7 Å². The number of hydrogen-bond donors (Lipinski definition) is 2. The minimum atomic E-state index is -1.05. The molecule has 3 aromatic rings. The number of anilines is 1. The van der Waals surface area contributed by atoms with E-state index in [1.165, 1.54) is 0 Å². The van der Waals surface area contributed by atoms with Crippen LogP contribution in [0.5, 0.6) is 0 Å². The van der Waals surface area contributed by atoms with Gasteiger partial charge in [-0.15, -0.1) is 0 Å². The van der Waals surface area contributed by atoms with E-state index in [1.807, 2.05) is 16.4 Å². The molecule has 38 heavy (non-hydrogen) atoms. The van der Waals surface area contributed by atoms with E-state index in [-0.39, 0.29) is 34.1 Å². The number of aromatic carboxylic acids is 1. The average molecular weight is 585 g/mol. The smallest absolute Gasteiger partial charge is 0.348 e. The van der Waals surface area contributed by atoms with E-state index in [4.69, 9.17) is 37.7 Å². The summed E-state index contributed by atoms with van der Waals surface area (Å²) < 4.78 is 13.2. The van der Waals surface area contributed by atoms with Crippen molar-refractivity contribution in [2.45, 2.75) is 45.8 Å². The number of nitrogens with zero attached hydrogens (tertiary/aromatic N) is 4. The third kappa shape index (κ3) is 6.07. The summed E-state index contributed by atoms with van der Waals surface area (Å²) in [5.41, 5.74) is 1.31. The largest absolute Gasteiger partial charge is 0.477 e. The van der Waals surface area contributed by atoms with Gasteiger partial charge in [-0.2, -0.15) is 0 Å². The molecule has 206 valence electrons. The molecule has 0 spiro atoms. The maximum absolute atomic E-state index is 13.1. The van der Waals surface area contributed by atoms with Gasteiger partial charge in [-0.1, -0.05) is 41.5 Å². The maximum Gasteiger partial charge on any atom is 0.348 e. The number of carboxylic acids is 1. The van der Waals surface area contributed by atoms with E-state index >= 15 is 0 Å². The lowest BCUT2D eigenvalue weighted by molar-refractivity contribution is 0.00383. The van der Waals surface area contributed by atoms with Crippen LogP contribution < -0.4 is 4.90 Å². The molecule has 0 amide bonds. The number of aromatic amines is 1. The molecule has 1 aliphatic rings. The van der Waals surface area contributed by atoms with Crippen LogP contribution in [0, 0.1) is 12.8 Å². The molecular weight excluding hydrogens is 553 g/mol. The van der Waals surface area contributed by atoms with Gasteiger partial charge >= 0.3 is 5.97 Å². The number of aromatic nitrogens is 4. The predicted octanol–water partition coefficient (Wildman–Crippen LogP) is 5.19. The Morgan fingerprint density at radius 2 is 2.08 bits per heavy atom. The number of ketones is 1. The molecule has 0 unspecified atom stereocenters. The number of imidazole rings is 1. The Kier molecular flexibility index (Phi) is 9.48. The minimum absolute atomic E-state index is 0.0323. The van der Waals surface area contributed by atoms with E-state index < -0.39 is 5.97 Å². The fraction of sp³-hybridized carbons (Fsp3) is 0.520. The van der Waals surface area contributed by atoms with Crippen LogP contribution in [0.3, 0.4) is 0 Å². The van der Waals surface area contributed by atoms with Crippen LogP contribution in [0.1, 0.15) is 52.0 Å². The molecule has 1 fully saturated rings. The number of carbonyl (C=O) groups excluding carboxylic acids is 1. The lowest BCUT2D eigenvalue weighted by Gasteiger charge is -2.38. The molecule has 2 N–H and O–H groups in total. The highest BCUT2D eigenvalue weighted by atomic mass is 35.5. The van der Waals surface area contributed by atoms with Crippen LogP contribution in [-0.2, 0) is 16.0 Å². The molecule has 1 saturated heterocycles.